The lowest BCUT2D eigenvalue weighted by molar-refractivity contribution is -0.384. The highest BCUT2D eigenvalue weighted by Crippen LogP contribution is 2.29. The molecule has 3 rings (SSSR count). The quantitative estimate of drug-likeness (QED) is 0.532. The predicted molar refractivity (Wildman–Crippen MR) is 77.1 cm³/mol. The van der Waals surface area contributed by atoms with Crippen LogP contribution in [0.15, 0.2) is 51.7 Å². The maximum absolute atomic E-state index is 12.0. The summed E-state index contributed by atoms with van der Waals surface area (Å²) in [6, 6.07) is 11.3. The van der Waals surface area contributed by atoms with Crippen LogP contribution in [-0.2, 0) is 0 Å². The van der Waals surface area contributed by atoms with Crippen LogP contribution in [0.25, 0.3) is 22.4 Å². The van der Waals surface area contributed by atoms with Crippen LogP contribution in [0.3, 0.4) is 0 Å². The highest BCUT2D eigenvalue weighted by atomic mass is 16.6. The molecule has 0 amide bonds. The van der Waals surface area contributed by atoms with E-state index in [2.05, 4.69) is 4.98 Å². The summed E-state index contributed by atoms with van der Waals surface area (Å²) in [4.78, 5) is 26.8. The van der Waals surface area contributed by atoms with Gasteiger partial charge >= 0.3 is 5.63 Å². The first-order valence-electron chi connectivity index (χ1n) is 6.21. The van der Waals surface area contributed by atoms with Gasteiger partial charge in [-0.05, 0) is 30.7 Å². The fourth-order valence-corrected chi connectivity index (χ4v) is 2.11. The number of para-hydroxylation sites is 1. The molecule has 0 fully saturated rings. The maximum Gasteiger partial charge on any atom is 0.347 e. The van der Waals surface area contributed by atoms with Crippen molar-refractivity contribution < 1.29 is 9.34 Å². The number of aromatic nitrogens is 1. The first-order valence-corrected chi connectivity index (χ1v) is 6.21. The molecule has 6 heteroatoms. The van der Waals surface area contributed by atoms with E-state index >= 15 is 0 Å². The Bertz CT molecular complexity index is 915. The molecule has 0 atom stereocenters. The van der Waals surface area contributed by atoms with Gasteiger partial charge in [0.2, 0.25) is 5.89 Å². The van der Waals surface area contributed by atoms with Crippen LogP contribution in [0.5, 0.6) is 0 Å². The molecule has 0 N–H and O–H groups in total. The minimum Gasteiger partial charge on any atom is -0.403 e. The van der Waals surface area contributed by atoms with Crippen molar-refractivity contribution in [3.8, 4) is 11.5 Å². The number of hydrogen-bond donors (Lipinski definition) is 0. The summed E-state index contributed by atoms with van der Waals surface area (Å²) in [5, 5.41) is 11.5. The summed E-state index contributed by atoms with van der Waals surface area (Å²) in [6.07, 6.45) is 0. The Morgan fingerprint density at radius 1 is 1.19 bits per heavy atom. The van der Waals surface area contributed by atoms with Crippen LogP contribution in [0.1, 0.15) is 5.56 Å². The van der Waals surface area contributed by atoms with Gasteiger partial charge in [-0.25, -0.2) is 9.78 Å². The van der Waals surface area contributed by atoms with Gasteiger partial charge in [0, 0.05) is 6.07 Å². The SMILES string of the molecule is Cc1ccc([N+](=O)[O-])c(-c2nc3ccccc3c(=O)o2)c1. The van der Waals surface area contributed by atoms with Crippen LogP contribution in [0.4, 0.5) is 5.69 Å². The molecule has 0 spiro atoms. The van der Waals surface area contributed by atoms with E-state index in [-0.39, 0.29) is 17.1 Å². The summed E-state index contributed by atoms with van der Waals surface area (Å²) in [5.74, 6) is -0.0471. The first-order chi connectivity index (χ1) is 10.1. The second-order valence-corrected chi connectivity index (χ2v) is 4.60. The highest BCUT2D eigenvalue weighted by Gasteiger charge is 2.19. The van der Waals surface area contributed by atoms with Crippen LogP contribution in [0.2, 0.25) is 0 Å². The van der Waals surface area contributed by atoms with Gasteiger partial charge in [0.1, 0.15) is 5.56 Å². The third kappa shape index (κ3) is 2.27. The molecule has 0 saturated heterocycles. The summed E-state index contributed by atoms with van der Waals surface area (Å²) in [6.45, 7) is 1.80. The van der Waals surface area contributed by atoms with Crippen molar-refractivity contribution in [1.82, 2.24) is 4.98 Å². The number of fused-ring (bicyclic) bond motifs is 1. The number of nitrogens with zero attached hydrogens (tertiary/aromatic N) is 2. The standard InChI is InChI=1S/C15H10N2O4/c1-9-6-7-13(17(19)20)11(8-9)14-16-12-5-3-2-4-10(12)15(18)21-14/h2-8H,1H3. The Hall–Kier alpha value is -3.02. The first kappa shape index (κ1) is 13.0. The van der Waals surface area contributed by atoms with Gasteiger partial charge in [0.25, 0.3) is 5.69 Å². The van der Waals surface area contributed by atoms with Gasteiger partial charge in [0.05, 0.1) is 15.8 Å². The Labute approximate surface area is 118 Å². The molecule has 1 aromatic heterocycles. The summed E-state index contributed by atoms with van der Waals surface area (Å²) in [5.41, 5.74) is 0.744. The normalized spacial score (nSPS) is 10.7. The van der Waals surface area contributed by atoms with Gasteiger partial charge in [-0.3, -0.25) is 10.1 Å². The van der Waals surface area contributed by atoms with Crippen LogP contribution in [-0.4, -0.2) is 9.91 Å². The number of hydrogen-bond acceptors (Lipinski definition) is 5. The predicted octanol–water partition coefficient (Wildman–Crippen LogP) is 3.07. The van der Waals surface area contributed by atoms with Crippen molar-refractivity contribution in [2.24, 2.45) is 0 Å². The van der Waals surface area contributed by atoms with E-state index < -0.39 is 10.5 Å². The fraction of sp³-hybridized carbons (Fsp3) is 0.0667. The molecule has 3 aromatic rings. The third-order valence-corrected chi connectivity index (χ3v) is 3.11. The number of aryl methyl sites for hydroxylation is 1. The fourth-order valence-electron chi connectivity index (χ4n) is 2.11. The number of benzene rings is 2. The molecule has 6 nitrogen and oxygen atoms in total. The lowest BCUT2D eigenvalue weighted by atomic mass is 10.1. The summed E-state index contributed by atoms with van der Waals surface area (Å²) >= 11 is 0. The Morgan fingerprint density at radius 2 is 1.95 bits per heavy atom. The lowest BCUT2D eigenvalue weighted by Gasteiger charge is -2.03. The van der Waals surface area contributed by atoms with E-state index in [4.69, 9.17) is 4.42 Å². The molecule has 1 heterocycles. The molecule has 21 heavy (non-hydrogen) atoms. The second-order valence-electron chi connectivity index (χ2n) is 4.60. The molecule has 2 aromatic carbocycles. The van der Waals surface area contributed by atoms with Crippen molar-refractivity contribution in [2.75, 3.05) is 0 Å². The second kappa shape index (κ2) is 4.82. The molecule has 0 bridgehead atoms. The largest absolute Gasteiger partial charge is 0.403 e. The van der Waals surface area contributed by atoms with Crippen molar-refractivity contribution in [3.05, 3.63) is 68.6 Å². The summed E-state index contributed by atoms with van der Waals surface area (Å²) in [7, 11) is 0. The highest BCUT2D eigenvalue weighted by molar-refractivity contribution is 5.79. The Morgan fingerprint density at radius 3 is 2.71 bits per heavy atom. The average Bonchev–Trinajstić information content (AvgIpc) is 2.46. The van der Waals surface area contributed by atoms with Gasteiger partial charge < -0.3 is 4.42 Å². The third-order valence-electron chi connectivity index (χ3n) is 3.11. The maximum atomic E-state index is 12.0. The van der Waals surface area contributed by atoms with Gasteiger partial charge in [-0.15, -0.1) is 0 Å². The van der Waals surface area contributed by atoms with E-state index in [1.807, 2.05) is 0 Å². The van der Waals surface area contributed by atoms with Crippen molar-refractivity contribution in [3.63, 3.8) is 0 Å². The van der Waals surface area contributed by atoms with Gasteiger partial charge in [-0.2, -0.15) is 0 Å². The molecule has 0 saturated carbocycles. The molecule has 0 unspecified atom stereocenters. The van der Waals surface area contributed by atoms with Crippen molar-refractivity contribution >= 4 is 16.6 Å². The molecule has 0 radical (unpaired) electrons. The van der Waals surface area contributed by atoms with E-state index in [1.54, 1.807) is 43.3 Å². The molecule has 104 valence electrons. The van der Waals surface area contributed by atoms with E-state index in [9.17, 15) is 14.9 Å². The van der Waals surface area contributed by atoms with E-state index in [1.165, 1.54) is 6.07 Å². The lowest BCUT2D eigenvalue weighted by Crippen LogP contribution is -2.04. The van der Waals surface area contributed by atoms with E-state index in [0.29, 0.717) is 10.9 Å². The topological polar surface area (TPSA) is 86.2 Å². The summed E-state index contributed by atoms with van der Waals surface area (Å²) < 4.78 is 5.15. The average molecular weight is 282 g/mol. The van der Waals surface area contributed by atoms with Gasteiger partial charge in [-0.1, -0.05) is 18.2 Å². The minimum absolute atomic E-state index is 0.0471. The monoisotopic (exact) mass is 282 g/mol. The van der Waals surface area contributed by atoms with Gasteiger partial charge in [0.15, 0.2) is 0 Å². The van der Waals surface area contributed by atoms with Crippen LogP contribution >= 0.6 is 0 Å². The van der Waals surface area contributed by atoms with Crippen molar-refractivity contribution in [2.45, 2.75) is 6.92 Å². The van der Waals surface area contributed by atoms with E-state index in [0.717, 1.165) is 5.56 Å². The molecule has 0 aliphatic rings. The molecule has 0 aliphatic heterocycles. The molecule has 0 aliphatic carbocycles. The zero-order chi connectivity index (χ0) is 15.0. The zero-order valence-corrected chi connectivity index (χ0v) is 11.1. The zero-order valence-electron chi connectivity index (χ0n) is 11.1. The van der Waals surface area contributed by atoms with Crippen LogP contribution < -0.4 is 5.63 Å². The molecular weight excluding hydrogens is 272 g/mol. The number of nitro benzene ring substituents is 1. The minimum atomic E-state index is -0.564. The molecular formula is C15H10N2O4. The number of nitro groups is 1. The Balaban J connectivity index is 2.33. The smallest absolute Gasteiger partial charge is 0.347 e. The Kier molecular flexibility index (Phi) is 2.98. The van der Waals surface area contributed by atoms with Crippen LogP contribution in [0, 0.1) is 17.0 Å². The van der Waals surface area contributed by atoms with Crippen molar-refractivity contribution in [1.29, 1.82) is 0 Å². The number of rotatable bonds is 2.